The number of amides is 1. The van der Waals surface area contributed by atoms with Crippen LogP contribution in [-0.4, -0.2) is 44.6 Å². The van der Waals surface area contributed by atoms with Gasteiger partial charge in [-0.15, -0.1) is 11.3 Å². The number of carbonyl (C=O) groups excluding carboxylic acids is 1. The van der Waals surface area contributed by atoms with E-state index in [4.69, 9.17) is 5.14 Å². The Morgan fingerprint density at radius 2 is 1.42 bits per heavy atom. The van der Waals surface area contributed by atoms with Crippen molar-refractivity contribution in [1.29, 1.82) is 0 Å². The molecule has 2 aromatic carbocycles. The van der Waals surface area contributed by atoms with Gasteiger partial charge in [-0.05, 0) is 53.4 Å². The molecule has 302 valence electrons. The Hall–Kier alpha value is -3.60. The van der Waals surface area contributed by atoms with Crippen LogP contribution >= 0.6 is 11.3 Å². The molecule has 16 heteroatoms. The van der Waals surface area contributed by atoms with Crippen LogP contribution in [0.3, 0.4) is 0 Å². The molecule has 0 saturated heterocycles. The summed E-state index contributed by atoms with van der Waals surface area (Å²) >= 11 is 0.989. The van der Waals surface area contributed by atoms with Crippen LogP contribution in [0, 0.1) is 0 Å². The lowest BCUT2D eigenvalue weighted by Gasteiger charge is -2.30. The lowest BCUT2D eigenvalue weighted by molar-refractivity contribution is -0.137. The van der Waals surface area contributed by atoms with E-state index in [0.717, 1.165) is 67.7 Å². The van der Waals surface area contributed by atoms with Crippen LogP contribution in [0.5, 0.6) is 0 Å². The average Bonchev–Trinajstić information content (AvgIpc) is 3.54. The van der Waals surface area contributed by atoms with Crippen molar-refractivity contribution in [3.63, 3.8) is 0 Å². The summed E-state index contributed by atoms with van der Waals surface area (Å²) < 4.78 is 92.8. The lowest BCUT2D eigenvalue weighted by Crippen LogP contribution is -2.51. The summed E-state index contributed by atoms with van der Waals surface area (Å²) in [6.07, 6.45) is 8.88. The molecule has 0 aliphatic rings. The van der Waals surface area contributed by atoms with Crippen molar-refractivity contribution in [2.24, 2.45) is 12.2 Å². The number of primary sulfonamides is 1. The highest BCUT2D eigenvalue weighted by molar-refractivity contribution is 7.92. The summed E-state index contributed by atoms with van der Waals surface area (Å²) in [5, 5.41) is 7.62. The van der Waals surface area contributed by atoms with Crippen LogP contribution in [0.1, 0.15) is 107 Å². The second-order valence-corrected chi connectivity index (χ2v) is 19.1. The summed E-state index contributed by atoms with van der Waals surface area (Å²) in [5.41, 5.74) is 0.549. The summed E-state index contributed by atoms with van der Waals surface area (Å²) in [6.45, 7) is 1.72. The number of pyridine rings is 1. The number of aromatic nitrogens is 2. The van der Waals surface area contributed by atoms with Gasteiger partial charge in [-0.3, -0.25) is 9.59 Å². The largest absolute Gasteiger partial charge is 0.416 e. The van der Waals surface area contributed by atoms with E-state index in [1.54, 1.807) is 37.5 Å². The van der Waals surface area contributed by atoms with Gasteiger partial charge < -0.3 is 9.88 Å². The zero-order chi connectivity index (χ0) is 40.3. The minimum atomic E-state index is -4.63. The highest BCUT2D eigenvalue weighted by atomic mass is 32.2. The number of nitrogens with two attached hydrogens (primary N) is 1. The Morgan fingerprint density at radius 1 is 0.836 bits per heavy atom. The third-order valence-electron chi connectivity index (χ3n) is 9.76. The van der Waals surface area contributed by atoms with E-state index in [1.165, 1.54) is 42.7 Å². The van der Waals surface area contributed by atoms with Gasteiger partial charge in [0.05, 0.1) is 27.3 Å². The number of fused-ring (bicyclic) bond motifs is 1. The van der Waals surface area contributed by atoms with E-state index in [9.17, 15) is 39.6 Å². The molecule has 0 fully saturated rings. The van der Waals surface area contributed by atoms with E-state index in [2.05, 4.69) is 17.2 Å². The van der Waals surface area contributed by atoms with Crippen LogP contribution < -0.4 is 16.0 Å². The number of alkyl halides is 3. The number of sulfonamides is 1. The van der Waals surface area contributed by atoms with Crippen LogP contribution in [0.25, 0.3) is 21.3 Å². The summed E-state index contributed by atoms with van der Waals surface area (Å²) in [6, 6.07) is 12.1. The van der Waals surface area contributed by atoms with Crippen molar-refractivity contribution in [3.05, 3.63) is 87.3 Å². The van der Waals surface area contributed by atoms with Crippen LogP contribution in [-0.2, 0) is 48.4 Å². The molecule has 1 atom stereocenters. The van der Waals surface area contributed by atoms with Gasteiger partial charge in [-0.25, -0.2) is 27.0 Å². The second-order valence-electron chi connectivity index (χ2n) is 14.1. The molecule has 0 bridgehead atoms. The number of thiazole rings is 1. The highest BCUT2D eigenvalue weighted by Crippen LogP contribution is 2.43. The van der Waals surface area contributed by atoms with E-state index >= 15 is 0 Å². The maximum Gasteiger partial charge on any atom is 0.416 e. The summed E-state index contributed by atoms with van der Waals surface area (Å²) in [7, 11) is -7.00. The van der Waals surface area contributed by atoms with Gasteiger partial charge in [0, 0.05) is 25.9 Å². The smallest absolute Gasteiger partial charge is 0.353 e. The summed E-state index contributed by atoms with van der Waals surface area (Å²) in [4.78, 5) is 31.4. The lowest BCUT2D eigenvalue weighted by atomic mass is 9.98. The Bertz CT molecular complexity index is 2170. The van der Waals surface area contributed by atoms with Gasteiger partial charge in [0.1, 0.15) is 5.01 Å². The Kier molecular flexibility index (Phi) is 15.6. The third kappa shape index (κ3) is 12.2. The topological polar surface area (TPSA) is 158 Å². The van der Waals surface area contributed by atoms with Gasteiger partial charge in [-0.2, -0.15) is 13.2 Å². The van der Waals surface area contributed by atoms with Crippen molar-refractivity contribution >= 4 is 47.3 Å². The average molecular weight is 825 g/mol. The first-order valence-electron chi connectivity index (χ1n) is 18.7. The molecule has 0 saturated carbocycles. The number of hydrogen-bond acceptors (Lipinski definition) is 8. The molecule has 2 heterocycles. The number of hydrogen-bond donors (Lipinski definition) is 2. The van der Waals surface area contributed by atoms with Crippen molar-refractivity contribution < 1.29 is 34.8 Å². The first-order valence-corrected chi connectivity index (χ1v) is 22.9. The standard InChI is InChI=1S/C39H51F3N4O6S3/c1-3-4-5-6-7-8-9-10-11-12-13-14-22-38(36(48)44-23-25-55(43,51)52,54(49,50)28-29-15-18-32(19-16-29)39(40,41)42)37-45-33-20-17-30(26-34(33)53-37)31-21-24-46(2)35(47)27-31/h15-21,24,26-27H,3-14,22-23,25,28H2,1-2H3,(H,44,48)(H2,43,51,52). The number of halogens is 3. The van der Waals surface area contributed by atoms with Crippen LogP contribution in [0.4, 0.5) is 13.2 Å². The number of benzene rings is 2. The molecule has 0 aliphatic carbocycles. The second kappa shape index (κ2) is 19.5. The van der Waals surface area contributed by atoms with Crippen molar-refractivity contribution in [2.45, 2.75) is 107 Å². The molecule has 2 aromatic heterocycles. The minimum Gasteiger partial charge on any atom is -0.353 e. The Morgan fingerprint density at radius 3 is 1.98 bits per heavy atom. The normalized spacial score (nSPS) is 13.6. The molecule has 3 N–H and O–H groups in total. The fourth-order valence-electron chi connectivity index (χ4n) is 6.55. The molecule has 4 aromatic rings. The maximum absolute atomic E-state index is 14.8. The predicted molar refractivity (Wildman–Crippen MR) is 213 cm³/mol. The van der Waals surface area contributed by atoms with Crippen molar-refractivity contribution in [1.82, 2.24) is 14.9 Å². The highest BCUT2D eigenvalue weighted by Gasteiger charge is 2.54. The van der Waals surface area contributed by atoms with Gasteiger partial charge in [-0.1, -0.05) is 102 Å². The van der Waals surface area contributed by atoms with Crippen molar-refractivity contribution in [3.8, 4) is 11.1 Å². The quantitative estimate of drug-likeness (QED) is 0.0761. The monoisotopic (exact) mass is 824 g/mol. The number of unbranched alkanes of at least 4 members (excludes halogenated alkanes) is 11. The Labute approximate surface area is 325 Å². The number of nitrogens with one attached hydrogen (secondary N) is 1. The number of sulfone groups is 1. The number of rotatable bonds is 22. The molecule has 10 nitrogen and oxygen atoms in total. The Balaban J connectivity index is 1.70. The molecule has 0 radical (unpaired) electrons. The zero-order valence-electron chi connectivity index (χ0n) is 31.4. The van der Waals surface area contributed by atoms with E-state index < -0.39 is 60.3 Å². The molecule has 4 rings (SSSR count). The molecule has 1 unspecified atom stereocenters. The SMILES string of the molecule is CCCCCCCCCCCCCCC(C(=O)NCCS(N)(=O)=O)(c1nc2ccc(-c3ccn(C)c(=O)c3)cc2s1)S(=O)(=O)Cc1ccc(C(F)(F)F)cc1. The third-order valence-corrected chi connectivity index (χ3v) is 14.2. The molecule has 0 aliphatic heterocycles. The fraction of sp³-hybridized carbons (Fsp3) is 0.513. The molecule has 55 heavy (non-hydrogen) atoms. The first-order chi connectivity index (χ1) is 26.0. The first kappa shape index (κ1) is 44.1. The van der Waals surface area contributed by atoms with Gasteiger partial charge >= 0.3 is 6.18 Å². The number of aryl methyl sites for hydroxylation is 1. The maximum atomic E-state index is 14.8. The van der Waals surface area contributed by atoms with Gasteiger partial charge in [0.2, 0.25) is 20.7 Å². The molecular formula is C39H51F3N4O6S3. The number of nitrogens with zero attached hydrogens (tertiary/aromatic N) is 2. The molecule has 1 amide bonds. The predicted octanol–water partition coefficient (Wildman–Crippen LogP) is 7.99. The summed E-state index contributed by atoms with van der Waals surface area (Å²) in [5.74, 6) is -2.41. The van der Waals surface area contributed by atoms with Gasteiger partial charge in [0.25, 0.3) is 5.56 Å². The fourth-order valence-corrected chi connectivity index (χ4v) is 10.6. The minimum absolute atomic E-state index is 0.0402. The van der Waals surface area contributed by atoms with E-state index in [0.29, 0.717) is 34.2 Å². The van der Waals surface area contributed by atoms with Crippen LogP contribution in [0.15, 0.2) is 65.6 Å². The van der Waals surface area contributed by atoms with Crippen LogP contribution in [0.2, 0.25) is 0 Å². The van der Waals surface area contributed by atoms with Crippen molar-refractivity contribution in [2.75, 3.05) is 12.3 Å². The van der Waals surface area contributed by atoms with Gasteiger partial charge in [0.15, 0.2) is 9.84 Å². The van der Waals surface area contributed by atoms with E-state index in [-0.39, 0.29) is 22.6 Å². The zero-order valence-corrected chi connectivity index (χ0v) is 33.8. The molecule has 0 spiro atoms. The van der Waals surface area contributed by atoms with E-state index in [1.807, 2.05) is 0 Å². The molecular weight excluding hydrogens is 774 g/mol. The number of carbonyl (C=O) groups is 1.